The minimum absolute atomic E-state index is 0.0174. The van der Waals surface area contributed by atoms with Crippen LogP contribution in [0.15, 0.2) is 65.2 Å². The summed E-state index contributed by atoms with van der Waals surface area (Å²) >= 11 is 12.7. The maximum Gasteiger partial charge on any atom is 0.410 e. The molecule has 1 aliphatic heterocycles. The molecule has 1 saturated heterocycles. The van der Waals surface area contributed by atoms with E-state index in [0.717, 1.165) is 41.0 Å². The number of piperidine rings is 1. The highest BCUT2D eigenvalue weighted by Crippen LogP contribution is 2.40. The maximum absolute atomic E-state index is 14.9. The number of likely N-dealkylation sites (tertiary alicyclic amines) is 1. The van der Waals surface area contributed by atoms with Gasteiger partial charge < -0.3 is 33.4 Å². The molecule has 0 bridgehead atoms. The van der Waals surface area contributed by atoms with Crippen molar-refractivity contribution in [2.24, 2.45) is 5.92 Å². The Morgan fingerprint density at radius 3 is 2.24 bits per heavy atom. The van der Waals surface area contributed by atoms with Crippen molar-refractivity contribution in [1.82, 2.24) is 19.9 Å². The van der Waals surface area contributed by atoms with Crippen molar-refractivity contribution < 1.29 is 50.7 Å². The summed E-state index contributed by atoms with van der Waals surface area (Å²) in [4.78, 5) is 45.4. The van der Waals surface area contributed by atoms with Crippen LogP contribution in [0.2, 0.25) is 10.0 Å². The largest absolute Gasteiger partial charge is 0.486 e. The van der Waals surface area contributed by atoms with Gasteiger partial charge in [-0.15, -0.1) is 0 Å². The highest BCUT2D eigenvalue weighted by atomic mass is 35.5. The number of amides is 3. The first-order chi connectivity index (χ1) is 29.7. The molecule has 3 aromatic carbocycles. The van der Waals surface area contributed by atoms with Crippen molar-refractivity contribution in [3.8, 4) is 17.0 Å². The van der Waals surface area contributed by atoms with Gasteiger partial charge in [0, 0.05) is 43.3 Å². The molecule has 1 aromatic heterocycles. The van der Waals surface area contributed by atoms with Gasteiger partial charge in [-0.25, -0.2) is 27.2 Å². The van der Waals surface area contributed by atoms with Crippen LogP contribution in [0.4, 0.5) is 27.2 Å². The van der Waals surface area contributed by atoms with E-state index in [1.54, 1.807) is 70.7 Å². The topological polar surface area (TPSA) is 115 Å². The molecular formula is C46H52Cl2F4N4O7. The van der Waals surface area contributed by atoms with Crippen LogP contribution in [0.25, 0.3) is 11.3 Å². The molecule has 17 heteroatoms. The van der Waals surface area contributed by atoms with E-state index in [1.165, 1.54) is 6.07 Å². The molecule has 0 radical (unpaired) electrons. The monoisotopic (exact) mass is 918 g/mol. The van der Waals surface area contributed by atoms with E-state index >= 15 is 0 Å². The van der Waals surface area contributed by atoms with Gasteiger partial charge >= 0.3 is 12.2 Å². The number of hydrogen-bond acceptors (Lipinski definition) is 8. The summed E-state index contributed by atoms with van der Waals surface area (Å²) in [6.45, 7) is 10.1. The van der Waals surface area contributed by atoms with E-state index in [0.29, 0.717) is 29.3 Å². The second kappa shape index (κ2) is 19.8. The second-order valence-corrected chi connectivity index (χ2v) is 18.7. The lowest BCUT2D eigenvalue weighted by molar-refractivity contribution is -0.139. The molecule has 0 spiro atoms. The number of carbonyl (C=O) groups excluding carboxylic acids is 3. The summed E-state index contributed by atoms with van der Waals surface area (Å²) in [5, 5.41) is 3.85. The van der Waals surface area contributed by atoms with Gasteiger partial charge in [-0.05, 0) is 120 Å². The fourth-order valence-corrected chi connectivity index (χ4v) is 7.84. The SMILES string of the molecule is CC(C)(C)OC(=O)N(CCc1ccc(Cl)c(CN(C(=O)C2CN(C(=O)OC(C)(C)C)CCC2c2ccc(OCc3cc(-c4c(F)ccc(F)c4Cl)no3)cc2)C2CC2)c1)CC(F)F. The Morgan fingerprint density at radius 1 is 0.905 bits per heavy atom. The van der Waals surface area contributed by atoms with Crippen molar-refractivity contribution in [2.75, 3.05) is 26.2 Å². The lowest BCUT2D eigenvalue weighted by atomic mass is 9.79. The fraction of sp³-hybridized carbons (Fsp3) is 0.478. The van der Waals surface area contributed by atoms with Crippen LogP contribution >= 0.6 is 23.2 Å². The summed E-state index contributed by atoms with van der Waals surface area (Å²) in [5.74, 6) is -1.92. The average molecular weight is 920 g/mol. The minimum Gasteiger partial charge on any atom is -0.486 e. The molecule has 2 unspecified atom stereocenters. The third-order valence-corrected chi connectivity index (χ3v) is 11.3. The van der Waals surface area contributed by atoms with Gasteiger partial charge in [0.05, 0.1) is 23.0 Å². The molecule has 0 N–H and O–H groups in total. The lowest BCUT2D eigenvalue weighted by Gasteiger charge is -2.40. The number of aromatic nitrogens is 1. The van der Waals surface area contributed by atoms with Gasteiger partial charge in [-0.1, -0.05) is 52.6 Å². The quantitative estimate of drug-likeness (QED) is 0.0907. The maximum atomic E-state index is 14.9. The van der Waals surface area contributed by atoms with Gasteiger partial charge in [0.15, 0.2) is 5.76 Å². The molecule has 63 heavy (non-hydrogen) atoms. The number of hydrogen-bond donors (Lipinski definition) is 0. The summed E-state index contributed by atoms with van der Waals surface area (Å²) in [6, 6.07) is 15.8. The molecule has 4 aromatic rings. The van der Waals surface area contributed by atoms with E-state index in [9.17, 15) is 31.9 Å². The first-order valence-corrected chi connectivity index (χ1v) is 21.6. The molecular weight excluding hydrogens is 867 g/mol. The van der Waals surface area contributed by atoms with Crippen molar-refractivity contribution in [3.05, 3.63) is 105 Å². The van der Waals surface area contributed by atoms with Crippen LogP contribution in [0, 0.1) is 17.6 Å². The standard InChI is InChI=1S/C46H52Cl2F4N4O7/c1-45(2,3)61-43(58)54-20-18-33(28-8-12-31(13-9-28)60-26-32-22-38(53-63-32)40-36(49)15-16-37(50)41(40)48)34(24-54)42(57)56(30-10-11-30)23-29-21-27(7-14-35(29)47)17-19-55(25-39(51)52)44(59)62-46(4,5)6/h7-9,12-16,21-22,30,33-34,39H,10-11,17-20,23-26H2,1-6H3. The Kier molecular flexibility index (Phi) is 14.9. The summed E-state index contributed by atoms with van der Waals surface area (Å²) in [7, 11) is 0. The van der Waals surface area contributed by atoms with Crippen molar-refractivity contribution in [1.29, 1.82) is 0 Å². The number of ether oxygens (including phenoxy) is 3. The number of nitrogens with zero attached hydrogens (tertiary/aromatic N) is 4. The van der Waals surface area contributed by atoms with E-state index < -0.39 is 58.9 Å². The lowest BCUT2D eigenvalue weighted by Crippen LogP contribution is -2.51. The van der Waals surface area contributed by atoms with Crippen LogP contribution in [0.1, 0.15) is 89.2 Å². The van der Waals surface area contributed by atoms with E-state index in [2.05, 4.69) is 5.16 Å². The van der Waals surface area contributed by atoms with Crippen LogP contribution in [0.5, 0.6) is 5.75 Å². The zero-order valence-electron chi connectivity index (χ0n) is 36.1. The van der Waals surface area contributed by atoms with Crippen LogP contribution < -0.4 is 4.74 Å². The Bertz CT molecular complexity index is 2260. The summed E-state index contributed by atoms with van der Waals surface area (Å²) < 4.78 is 77.8. The first-order valence-electron chi connectivity index (χ1n) is 20.8. The molecule has 2 atom stereocenters. The molecule has 2 aliphatic rings. The van der Waals surface area contributed by atoms with Crippen molar-refractivity contribution in [2.45, 2.75) is 110 Å². The van der Waals surface area contributed by atoms with Crippen molar-refractivity contribution in [3.63, 3.8) is 0 Å². The van der Waals surface area contributed by atoms with Gasteiger partial charge in [0.1, 0.15) is 40.9 Å². The second-order valence-electron chi connectivity index (χ2n) is 17.9. The number of carbonyl (C=O) groups is 3. The van der Waals surface area contributed by atoms with Gasteiger partial charge in [0.2, 0.25) is 5.91 Å². The highest BCUT2D eigenvalue weighted by molar-refractivity contribution is 6.33. The Labute approximate surface area is 374 Å². The molecule has 3 amide bonds. The first kappa shape index (κ1) is 47.5. The molecule has 1 aliphatic carbocycles. The molecule has 1 saturated carbocycles. The number of benzene rings is 3. The van der Waals surface area contributed by atoms with Gasteiger partial charge in [-0.2, -0.15) is 0 Å². The minimum atomic E-state index is -2.75. The van der Waals surface area contributed by atoms with Crippen molar-refractivity contribution >= 4 is 41.3 Å². The smallest absolute Gasteiger partial charge is 0.410 e. The third-order valence-electron chi connectivity index (χ3n) is 10.5. The predicted octanol–water partition coefficient (Wildman–Crippen LogP) is 11.1. The highest BCUT2D eigenvalue weighted by Gasteiger charge is 2.43. The van der Waals surface area contributed by atoms with Gasteiger partial charge in [0.25, 0.3) is 6.43 Å². The van der Waals surface area contributed by atoms with E-state index in [4.69, 9.17) is 41.9 Å². The van der Waals surface area contributed by atoms with Crippen LogP contribution in [-0.4, -0.2) is 87.8 Å². The molecule has 2 fully saturated rings. The van der Waals surface area contributed by atoms with E-state index in [-0.39, 0.29) is 67.5 Å². The molecule has 6 rings (SSSR count). The summed E-state index contributed by atoms with van der Waals surface area (Å²) in [6.07, 6.45) is -1.80. The van der Waals surface area contributed by atoms with Crippen LogP contribution in [-0.2, 0) is 33.8 Å². The van der Waals surface area contributed by atoms with E-state index in [1.807, 2.05) is 23.1 Å². The third kappa shape index (κ3) is 12.8. The number of alkyl halides is 2. The number of halogens is 6. The number of rotatable bonds is 14. The molecule has 2 heterocycles. The fourth-order valence-electron chi connectivity index (χ4n) is 7.41. The normalized spacial score (nSPS) is 16.8. The zero-order valence-corrected chi connectivity index (χ0v) is 37.6. The summed E-state index contributed by atoms with van der Waals surface area (Å²) in [5.41, 5.74) is 0.450. The average Bonchev–Trinajstić information content (AvgIpc) is 3.95. The molecule has 11 nitrogen and oxygen atoms in total. The zero-order chi connectivity index (χ0) is 45.8. The van der Waals surface area contributed by atoms with Crippen LogP contribution in [0.3, 0.4) is 0 Å². The Hall–Kier alpha value is -5.02. The molecule has 340 valence electrons. The predicted molar refractivity (Wildman–Crippen MR) is 229 cm³/mol. The Morgan fingerprint density at radius 2 is 1.59 bits per heavy atom. The van der Waals surface area contributed by atoms with Gasteiger partial charge in [-0.3, -0.25) is 4.79 Å². The Balaban J connectivity index is 1.19.